The molecule has 4 nitrogen and oxygen atoms in total. The van der Waals surface area contributed by atoms with Crippen molar-refractivity contribution in [3.05, 3.63) is 59.7 Å². The Morgan fingerprint density at radius 1 is 1.25 bits per heavy atom. The van der Waals surface area contributed by atoms with Crippen molar-refractivity contribution >= 4 is 11.6 Å². The molecule has 0 aliphatic carbocycles. The van der Waals surface area contributed by atoms with Gasteiger partial charge in [0.05, 0.1) is 6.42 Å². The van der Waals surface area contributed by atoms with Crippen molar-refractivity contribution in [1.82, 2.24) is 0 Å². The summed E-state index contributed by atoms with van der Waals surface area (Å²) in [5.41, 5.74) is 8.01. The number of amides is 1. The van der Waals surface area contributed by atoms with Crippen LogP contribution in [0.4, 0.5) is 5.69 Å². The number of primary amides is 1. The van der Waals surface area contributed by atoms with E-state index in [0.717, 1.165) is 16.8 Å². The summed E-state index contributed by atoms with van der Waals surface area (Å²) in [6.45, 7) is 2.02. The predicted octanol–water partition coefficient (Wildman–Crippen LogP) is 2.59. The van der Waals surface area contributed by atoms with Crippen LogP contribution in [0, 0.1) is 0 Å². The van der Waals surface area contributed by atoms with Crippen LogP contribution in [0.1, 0.15) is 24.1 Å². The normalized spacial score (nSPS) is 11.8. The summed E-state index contributed by atoms with van der Waals surface area (Å²) in [6, 6.07) is 14.8. The second-order valence-corrected chi connectivity index (χ2v) is 4.80. The van der Waals surface area contributed by atoms with Crippen molar-refractivity contribution in [2.45, 2.75) is 19.4 Å². The molecule has 4 heteroatoms. The number of benzene rings is 2. The molecule has 1 atom stereocenters. The van der Waals surface area contributed by atoms with E-state index < -0.39 is 0 Å². The Bertz CT molecular complexity index is 594. The highest BCUT2D eigenvalue weighted by Gasteiger charge is 2.06. The second kappa shape index (κ2) is 6.10. The fourth-order valence-corrected chi connectivity index (χ4v) is 2.05. The van der Waals surface area contributed by atoms with Crippen LogP contribution in [-0.2, 0) is 11.2 Å². The number of anilines is 1. The average Bonchev–Trinajstić information content (AvgIpc) is 2.40. The Balaban J connectivity index is 2.04. The summed E-state index contributed by atoms with van der Waals surface area (Å²) >= 11 is 0. The molecule has 2 rings (SSSR count). The lowest BCUT2D eigenvalue weighted by molar-refractivity contribution is -0.117. The Morgan fingerprint density at radius 2 is 1.95 bits per heavy atom. The highest BCUT2D eigenvalue weighted by Crippen LogP contribution is 2.22. The summed E-state index contributed by atoms with van der Waals surface area (Å²) in [5.74, 6) is -0.0770. The van der Waals surface area contributed by atoms with Gasteiger partial charge in [-0.1, -0.05) is 24.3 Å². The number of hydrogen-bond donors (Lipinski definition) is 3. The van der Waals surface area contributed by atoms with Gasteiger partial charge in [0, 0.05) is 11.7 Å². The zero-order valence-corrected chi connectivity index (χ0v) is 11.3. The molecule has 2 aromatic carbocycles. The maximum Gasteiger partial charge on any atom is 0.221 e. The van der Waals surface area contributed by atoms with E-state index in [4.69, 9.17) is 5.73 Å². The van der Waals surface area contributed by atoms with Crippen LogP contribution in [0.25, 0.3) is 0 Å². The van der Waals surface area contributed by atoms with Gasteiger partial charge in [-0.25, -0.2) is 0 Å². The number of nitrogens with one attached hydrogen (secondary N) is 1. The minimum Gasteiger partial charge on any atom is -0.508 e. The van der Waals surface area contributed by atoms with E-state index in [1.165, 1.54) is 0 Å². The van der Waals surface area contributed by atoms with Crippen molar-refractivity contribution in [3.8, 4) is 5.75 Å². The molecule has 0 heterocycles. The molecule has 0 aromatic heterocycles. The molecule has 0 saturated heterocycles. The van der Waals surface area contributed by atoms with Crippen molar-refractivity contribution in [2.24, 2.45) is 5.73 Å². The lowest BCUT2D eigenvalue weighted by Crippen LogP contribution is -2.13. The minimum absolute atomic E-state index is 0.0732. The van der Waals surface area contributed by atoms with Gasteiger partial charge in [-0.05, 0) is 42.3 Å². The van der Waals surface area contributed by atoms with Gasteiger partial charge in [0.1, 0.15) is 5.75 Å². The molecule has 20 heavy (non-hydrogen) atoms. The van der Waals surface area contributed by atoms with E-state index in [-0.39, 0.29) is 24.1 Å². The first-order valence-electron chi connectivity index (χ1n) is 6.47. The van der Waals surface area contributed by atoms with Gasteiger partial charge in [-0.2, -0.15) is 0 Å². The SMILES string of the molecule is CC(Nc1ccc(CC(N)=O)cc1)c1cccc(O)c1. The van der Waals surface area contributed by atoms with E-state index in [1.54, 1.807) is 12.1 Å². The number of carbonyl (C=O) groups is 1. The number of aromatic hydroxyl groups is 1. The molecule has 0 fully saturated rings. The summed E-state index contributed by atoms with van der Waals surface area (Å²) < 4.78 is 0. The third-order valence-corrected chi connectivity index (χ3v) is 3.09. The molecule has 4 N–H and O–H groups in total. The third kappa shape index (κ3) is 3.75. The van der Waals surface area contributed by atoms with Crippen LogP contribution in [-0.4, -0.2) is 11.0 Å². The van der Waals surface area contributed by atoms with Gasteiger partial charge in [0.2, 0.25) is 5.91 Å². The average molecular weight is 270 g/mol. The summed E-state index contributed by atoms with van der Waals surface area (Å²) in [4.78, 5) is 10.8. The Hall–Kier alpha value is -2.49. The number of carbonyl (C=O) groups excluding carboxylic acids is 1. The molecule has 0 aliphatic rings. The van der Waals surface area contributed by atoms with E-state index >= 15 is 0 Å². The van der Waals surface area contributed by atoms with E-state index in [1.807, 2.05) is 43.3 Å². The summed E-state index contributed by atoms with van der Waals surface area (Å²) in [5, 5.41) is 12.8. The predicted molar refractivity (Wildman–Crippen MR) is 79.5 cm³/mol. The van der Waals surface area contributed by atoms with Crippen LogP contribution >= 0.6 is 0 Å². The van der Waals surface area contributed by atoms with Gasteiger partial charge >= 0.3 is 0 Å². The summed E-state index contributed by atoms with van der Waals surface area (Å²) in [6.07, 6.45) is 0.252. The molecular weight excluding hydrogens is 252 g/mol. The molecule has 0 aliphatic heterocycles. The van der Waals surface area contributed by atoms with E-state index in [2.05, 4.69) is 5.32 Å². The quantitative estimate of drug-likeness (QED) is 0.781. The molecule has 0 saturated carbocycles. The van der Waals surface area contributed by atoms with Crippen molar-refractivity contribution in [1.29, 1.82) is 0 Å². The van der Waals surface area contributed by atoms with Crippen LogP contribution in [0.3, 0.4) is 0 Å². The lowest BCUT2D eigenvalue weighted by Gasteiger charge is -2.16. The molecule has 1 unspecified atom stereocenters. The van der Waals surface area contributed by atoms with Gasteiger partial charge < -0.3 is 16.2 Å². The highest BCUT2D eigenvalue weighted by atomic mass is 16.3. The topological polar surface area (TPSA) is 75.3 Å². The van der Waals surface area contributed by atoms with Gasteiger partial charge in [0.25, 0.3) is 0 Å². The fourth-order valence-electron chi connectivity index (χ4n) is 2.05. The monoisotopic (exact) mass is 270 g/mol. The molecule has 1 amide bonds. The lowest BCUT2D eigenvalue weighted by atomic mass is 10.1. The van der Waals surface area contributed by atoms with Crippen LogP contribution in [0.15, 0.2) is 48.5 Å². The highest BCUT2D eigenvalue weighted by molar-refractivity contribution is 5.76. The number of hydrogen-bond acceptors (Lipinski definition) is 3. The van der Waals surface area contributed by atoms with Gasteiger partial charge in [0.15, 0.2) is 0 Å². The molecular formula is C16H18N2O2. The fraction of sp³-hybridized carbons (Fsp3) is 0.188. The molecule has 104 valence electrons. The van der Waals surface area contributed by atoms with E-state index in [0.29, 0.717) is 0 Å². The molecule has 0 spiro atoms. The van der Waals surface area contributed by atoms with Gasteiger partial charge in [-0.15, -0.1) is 0 Å². The number of phenols is 1. The Kier molecular flexibility index (Phi) is 4.25. The first-order valence-corrected chi connectivity index (χ1v) is 6.47. The Labute approximate surface area is 118 Å². The van der Waals surface area contributed by atoms with Crippen molar-refractivity contribution < 1.29 is 9.90 Å². The zero-order chi connectivity index (χ0) is 14.5. The van der Waals surface area contributed by atoms with Crippen LogP contribution in [0.5, 0.6) is 5.75 Å². The first-order chi connectivity index (χ1) is 9.54. The zero-order valence-electron chi connectivity index (χ0n) is 11.3. The van der Waals surface area contributed by atoms with Crippen LogP contribution in [0.2, 0.25) is 0 Å². The third-order valence-electron chi connectivity index (χ3n) is 3.09. The molecule has 0 radical (unpaired) electrons. The smallest absolute Gasteiger partial charge is 0.221 e. The van der Waals surface area contributed by atoms with E-state index in [9.17, 15) is 9.90 Å². The van der Waals surface area contributed by atoms with Crippen molar-refractivity contribution in [2.75, 3.05) is 5.32 Å². The molecule has 0 bridgehead atoms. The Morgan fingerprint density at radius 3 is 2.55 bits per heavy atom. The standard InChI is InChI=1S/C16H18N2O2/c1-11(13-3-2-4-15(19)10-13)18-14-7-5-12(6-8-14)9-16(17)20/h2-8,10-11,18-19H,9H2,1H3,(H2,17,20). The number of rotatable bonds is 5. The number of nitrogens with two attached hydrogens (primary N) is 1. The summed E-state index contributed by atoms with van der Waals surface area (Å²) in [7, 11) is 0. The first kappa shape index (κ1) is 13.9. The number of phenolic OH excluding ortho intramolecular Hbond substituents is 1. The van der Waals surface area contributed by atoms with Crippen molar-refractivity contribution in [3.63, 3.8) is 0 Å². The second-order valence-electron chi connectivity index (χ2n) is 4.80. The maximum atomic E-state index is 10.8. The minimum atomic E-state index is -0.334. The van der Waals surface area contributed by atoms with Gasteiger partial charge in [-0.3, -0.25) is 4.79 Å². The maximum absolute atomic E-state index is 10.8. The molecule has 2 aromatic rings. The van der Waals surface area contributed by atoms with Crippen LogP contribution < -0.4 is 11.1 Å². The largest absolute Gasteiger partial charge is 0.508 e.